The van der Waals surface area contributed by atoms with Gasteiger partial charge in [-0.25, -0.2) is 0 Å². The van der Waals surface area contributed by atoms with Crippen LogP contribution in [0.4, 0.5) is 0 Å². The van der Waals surface area contributed by atoms with Crippen LogP contribution in [0.1, 0.15) is 0 Å². The van der Waals surface area contributed by atoms with Crippen LogP contribution >= 0.6 is 0 Å². The van der Waals surface area contributed by atoms with Crippen LogP contribution in [0.3, 0.4) is 0 Å². The van der Waals surface area contributed by atoms with Crippen LogP contribution in [0.15, 0.2) is 73.1 Å². The van der Waals surface area contributed by atoms with Gasteiger partial charge in [0.05, 0.1) is 11.0 Å². The minimum absolute atomic E-state index is 0.301. The van der Waals surface area contributed by atoms with Crippen molar-refractivity contribution < 1.29 is 0 Å². The summed E-state index contributed by atoms with van der Waals surface area (Å²) < 4.78 is 0. The van der Waals surface area contributed by atoms with E-state index < -0.39 is 0 Å². The molecule has 27 heavy (non-hydrogen) atoms. The molecule has 0 amide bonds. The summed E-state index contributed by atoms with van der Waals surface area (Å²) in [5.74, 6) is 0. The molecule has 9 heteroatoms. The Hall–Kier alpha value is -3.40. The molecule has 2 aromatic carbocycles. The lowest BCUT2D eigenvalue weighted by Gasteiger charge is -2.21. The van der Waals surface area contributed by atoms with Gasteiger partial charge in [-0.3, -0.25) is 5.43 Å². The van der Waals surface area contributed by atoms with Crippen LogP contribution in [-0.4, -0.2) is 32.5 Å². The zero-order chi connectivity index (χ0) is 18.3. The van der Waals surface area contributed by atoms with Crippen molar-refractivity contribution in [1.29, 1.82) is 0 Å². The van der Waals surface area contributed by atoms with E-state index in [2.05, 4.69) is 65.4 Å². The van der Waals surface area contributed by atoms with Crippen LogP contribution in [0, 0.1) is 0 Å². The number of hydrogen-bond donors (Lipinski definition) is 2. The third-order valence-corrected chi connectivity index (χ3v) is 4.03. The molecule has 1 saturated heterocycles. The number of rotatable bonds is 0. The van der Waals surface area contributed by atoms with Gasteiger partial charge in [-0.05, 0) is 11.5 Å². The van der Waals surface area contributed by atoms with Gasteiger partial charge in [-0.1, -0.05) is 60.7 Å². The molecule has 2 atom stereocenters. The van der Waals surface area contributed by atoms with E-state index in [-0.39, 0.29) is 0 Å². The summed E-state index contributed by atoms with van der Waals surface area (Å²) in [4.78, 5) is 0. The Morgan fingerprint density at radius 2 is 1.70 bits per heavy atom. The molecule has 0 saturated carbocycles. The second-order valence-electron chi connectivity index (χ2n) is 5.73. The van der Waals surface area contributed by atoms with E-state index in [9.17, 15) is 0 Å². The standard InChI is InChI=1S/C10H6N3.C6H8N3.C2H2N3/c1-2-4-8-7(3-1)5-6-9-10(8)12-13-11-9;1-2-4-6-5(3-1)7-9-8-6;1-2-4-5-3-1/h1-6H;1-7,9H;1-2H/q3*-1. The lowest BCUT2D eigenvalue weighted by Crippen LogP contribution is -2.31. The van der Waals surface area contributed by atoms with Gasteiger partial charge in [0.25, 0.3) is 0 Å². The highest BCUT2D eigenvalue weighted by Crippen LogP contribution is 2.20. The normalized spacial score (nSPS) is 19.9. The lowest BCUT2D eigenvalue weighted by molar-refractivity contribution is 0.631. The quantitative estimate of drug-likeness (QED) is 0.484. The molecular formula is C18H16N9-3. The number of nitrogens with zero attached hydrogens (tertiary/aromatic N) is 7. The molecule has 2 N–H and O–H groups in total. The highest BCUT2D eigenvalue weighted by atomic mass is 15.7. The predicted molar refractivity (Wildman–Crippen MR) is 101 cm³/mol. The number of hydrazine groups is 1. The van der Waals surface area contributed by atoms with Crippen LogP contribution < -0.4 is 21.4 Å². The second-order valence-corrected chi connectivity index (χ2v) is 5.73. The third-order valence-electron chi connectivity index (χ3n) is 4.03. The molecule has 2 aliphatic rings. The average molecular weight is 358 g/mol. The average Bonchev–Trinajstić information content (AvgIpc) is 3.51. The molecule has 3 heterocycles. The number of allylic oxidation sites excluding steroid dienone is 2. The first-order valence-electron chi connectivity index (χ1n) is 8.36. The summed E-state index contributed by atoms with van der Waals surface area (Å²) in [5, 5.41) is 23.8. The van der Waals surface area contributed by atoms with E-state index in [4.69, 9.17) is 0 Å². The SMILES string of the molecule is C1=CC2[N-]NNC2C=C1.c1ccc2c(c1)ccc1n[n-]nc12.c1cn[n-]n1. The topological polar surface area (TPSA) is 118 Å². The fraction of sp³-hybridized carbons (Fsp3) is 0.111. The third kappa shape index (κ3) is 4.06. The lowest BCUT2D eigenvalue weighted by atomic mass is 10.1. The Balaban J connectivity index is 0.000000111. The molecule has 1 fully saturated rings. The molecule has 2 unspecified atom stereocenters. The van der Waals surface area contributed by atoms with E-state index in [0.29, 0.717) is 12.1 Å². The zero-order valence-corrected chi connectivity index (χ0v) is 14.2. The molecule has 0 spiro atoms. The van der Waals surface area contributed by atoms with Gasteiger partial charge in [-0.2, -0.15) is 0 Å². The molecule has 1 aliphatic heterocycles. The summed E-state index contributed by atoms with van der Waals surface area (Å²) in [6.07, 6.45) is 11.3. The molecule has 136 valence electrons. The minimum Gasteiger partial charge on any atom is -0.575 e. The first-order chi connectivity index (χ1) is 13.4. The number of fused-ring (bicyclic) bond motifs is 4. The molecule has 6 rings (SSSR count). The maximum atomic E-state index is 4.06. The van der Waals surface area contributed by atoms with Crippen LogP contribution in [0.25, 0.3) is 27.2 Å². The van der Waals surface area contributed by atoms with Crippen LogP contribution in [-0.2, 0) is 0 Å². The van der Waals surface area contributed by atoms with Gasteiger partial charge >= 0.3 is 0 Å². The van der Waals surface area contributed by atoms with E-state index in [0.717, 1.165) is 16.4 Å². The summed E-state index contributed by atoms with van der Waals surface area (Å²) in [5.41, 5.74) is 11.5. The smallest absolute Gasteiger partial charge is 0.0744 e. The molecule has 0 bridgehead atoms. The Morgan fingerprint density at radius 3 is 2.52 bits per heavy atom. The Labute approximate surface area is 154 Å². The minimum atomic E-state index is 0.301. The highest BCUT2D eigenvalue weighted by Gasteiger charge is 2.12. The van der Waals surface area contributed by atoms with Crippen molar-refractivity contribution in [2.75, 3.05) is 0 Å². The molecule has 9 nitrogen and oxygen atoms in total. The van der Waals surface area contributed by atoms with E-state index in [1.165, 1.54) is 17.8 Å². The van der Waals surface area contributed by atoms with Crippen molar-refractivity contribution in [3.05, 3.63) is 78.5 Å². The van der Waals surface area contributed by atoms with Crippen molar-refractivity contribution in [1.82, 2.24) is 41.8 Å². The molecule has 0 radical (unpaired) electrons. The molecule has 1 aliphatic carbocycles. The zero-order valence-electron chi connectivity index (χ0n) is 14.2. The summed E-state index contributed by atoms with van der Waals surface area (Å²) in [6.45, 7) is 0. The Bertz CT molecular complexity index is 1000. The first-order valence-corrected chi connectivity index (χ1v) is 8.36. The van der Waals surface area contributed by atoms with Gasteiger partial charge < -0.3 is 41.8 Å². The van der Waals surface area contributed by atoms with Gasteiger partial charge in [-0.15, -0.1) is 0 Å². The van der Waals surface area contributed by atoms with Crippen LogP contribution in [0.5, 0.6) is 0 Å². The highest BCUT2D eigenvalue weighted by molar-refractivity contribution is 6.03. The maximum Gasteiger partial charge on any atom is 0.0744 e. The molecule has 2 aromatic heterocycles. The maximum absolute atomic E-state index is 4.06. The first kappa shape index (κ1) is 17.0. The van der Waals surface area contributed by atoms with Gasteiger partial charge in [0, 0.05) is 23.8 Å². The molecular weight excluding hydrogens is 342 g/mol. The van der Waals surface area contributed by atoms with Crippen LogP contribution in [0.2, 0.25) is 0 Å². The second kappa shape index (κ2) is 8.32. The largest absolute Gasteiger partial charge is 0.575 e. The van der Waals surface area contributed by atoms with Crippen molar-refractivity contribution in [2.45, 2.75) is 12.1 Å². The van der Waals surface area contributed by atoms with Gasteiger partial charge in [0.2, 0.25) is 0 Å². The van der Waals surface area contributed by atoms with Crippen molar-refractivity contribution >= 4 is 21.8 Å². The summed E-state index contributed by atoms with van der Waals surface area (Å²) in [7, 11) is 0. The summed E-state index contributed by atoms with van der Waals surface area (Å²) >= 11 is 0. The number of aromatic nitrogens is 6. The van der Waals surface area contributed by atoms with Crippen molar-refractivity contribution in [3.63, 3.8) is 0 Å². The van der Waals surface area contributed by atoms with E-state index >= 15 is 0 Å². The fourth-order valence-electron chi connectivity index (χ4n) is 2.73. The number of nitrogens with one attached hydrogen (secondary N) is 2. The van der Waals surface area contributed by atoms with Crippen molar-refractivity contribution in [3.8, 4) is 0 Å². The summed E-state index contributed by atoms with van der Waals surface area (Å²) in [6, 6.07) is 12.8. The van der Waals surface area contributed by atoms with E-state index in [1.54, 1.807) is 0 Å². The molecule has 4 aromatic rings. The van der Waals surface area contributed by atoms with Crippen molar-refractivity contribution in [2.24, 2.45) is 0 Å². The number of benzene rings is 2. The predicted octanol–water partition coefficient (Wildman–Crippen LogP) is 1.42. The van der Waals surface area contributed by atoms with E-state index in [1.807, 2.05) is 42.5 Å². The Kier molecular flexibility index (Phi) is 5.25. The monoisotopic (exact) mass is 358 g/mol. The fourth-order valence-corrected chi connectivity index (χ4v) is 2.73. The number of hydrogen-bond acceptors (Lipinski definition) is 6. The Morgan fingerprint density at radius 1 is 0.852 bits per heavy atom. The van der Waals surface area contributed by atoms with Gasteiger partial charge in [0.15, 0.2) is 0 Å². The van der Waals surface area contributed by atoms with Gasteiger partial charge in [0.1, 0.15) is 0 Å².